The summed E-state index contributed by atoms with van der Waals surface area (Å²) in [6, 6.07) is 14.2. The third kappa shape index (κ3) is 4.84. The van der Waals surface area contributed by atoms with Gasteiger partial charge in [0.25, 0.3) is 0 Å². The summed E-state index contributed by atoms with van der Waals surface area (Å²) in [5.74, 6) is -0.277. The largest absolute Gasteiger partial charge is 0.497 e. The van der Waals surface area contributed by atoms with Crippen LogP contribution in [0.3, 0.4) is 0 Å². The van der Waals surface area contributed by atoms with Crippen LogP contribution in [0, 0.1) is 5.92 Å². The second kappa shape index (κ2) is 9.09. The Labute approximate surface area is 168 Å². The highest BCUT2D eigenvalue weighted by molar-refractivity contribution is 6.01. The molecule has 8 heteroatoms. The second-order valence-corrected chi connectivity index (χ2v) is 6.57. The third-order valence-electron chi connectivity index (χ3n) is 4.67. The summed E-state index contributed by atoms with van der Waals surface area (Å²) in [5.41, 5.74) is 1.23. The third-order valence-corrected chi connectivity index (χ3v) is 4.67. The van der Waals surface area contributed by atoms with E-state index in [4.69, 9.17) is 9.47 Å². The van der Waals surface area contributed by atoms with E-state index in [0.717, 1.165) is 5.69 Å². The summed E-state index contributed by atoms with van der Waals surface area (Å²) < 4.78 is 10.4. The number of methoxy groups -OCH3 is 2. The molecule has 1 fully saturated rings. The van der Waals surface area contributed by atoms with Crippen LogP contribution in [0.1, 0.15) is 6.42 Å². The molecule has 0 bridgehead atoms. The monoisotopic (exact) mass is 397 g/mol. The molecular formula is C21H23N3O5. The predicted octanol–water partition coefficient (Wildman–Crippen LogP) is 1.81. The number of carbonyl (C=O) groups excluding carboxylic acids is 3. The molecule has 0 spiro atoms. The van der Waals surface area contributed by atoms with Gasteiger partial charge in [-0.3, -0.25) is 14.4 Å². The normalized spacial score (nSPS) is 15.7. The van der Waals surface area contributed by atoms with Gasteiger partial charge in [0.15, 0.2) is 0 Å². The van der Waals surface area contributed by atoms with Gasteiger partial charge in [0.1, 0.15) is 11.5 Å². The maximum atomic E-state index is 12.4. The minimum absolute atomic E-state index is 0.108. The van der Waals surface area contributed by atoms with Gasteiger partial charge in [-0.15, -0.1) is 0 Å². The first kappa shape index (κ1) is 20.2. The van der Waals surface area contributed by atoms with E-state index in [1.54, 1.807) is 23.1 Å². The predicted molar refractivity (Wildman–Crippen MR) is 108 cm³/mol. The Morgan fingerprint density at radius 1 is 1.10 bits per heavy atom. The van der Waals surface area contributed by atoms with E-state index in [1.807, 2.05) is 30.3 Å². The molecule has 2 aromatic rings. The molecular weight excluding hydrogens is 374 g/mol. The summed E-state index contributed by atoms with van der Waals surface area (Å²) in [6.07, 6.45) is 0.120. The SMILES string of the molecule is COc1ccc(NC(=O)CNC(=O)C2CC(=O)N(c3ccccc3)C2)c(OC)c1. The highest BCUT2D eigenvalue weighted by Crippen LogP contribution is 2.29. The molecule has 152 valence electrons. The highest BCUT2D eigenvalue weighted by Gasteiger charge is 2.35. The van der Waals surface area contributed by atoms with Gasteiger partial charge in [-0.05, 0) is 24.3 Å². The summed E-state index contributed by atoms with van der Waals surface area (Å²) in [7, 11) is 3.02. The molecule has 1 heterocycles. The fourth-order valence-corrected chi connectivity index (χ4v) is 3.15. The van der Waals surface area contributed by atoms with E-state index in [1.165, 1.54) is 14.2 Å². The number of carbonyl (C=O) groups is 3. The Morgan fingerprint density at radius 2 is 1.86 bits per heavy atom. The van der Waals surface area contributed by atoms with E-state index in [2.05, 4.69) is 10.6 Å². The topological polar surface area (TPSA) is 97.0 Å². The Kier molecular flexibility index (Phi) is 6.33. The van der Waals surface area contributed by atoms with Gasteiger partial charge in [0, 0.05) is 24.7 Å². The van der Waals surface area contributed by atoms with Crippen LogP contribution in [-0.2, 0) is 14.4 Å². The van der Waals surface area contributed by atoms with Gasteiger partial charge < -0.3 is 25.0 Å². The van der Waals surface area contributed by atoms with Gasteiger partial charge in [0.2, 0.25) is 17.7 Å². The van der Waals surface area contributed by atoms with E-state index in [-0.39, 0.29) is 24.8 Å². The zero-order valence-corrected chi connectivity index (χ0v) is 16.3. The zero-order valence-electron chi connectivity index (χ0n) is 16.3. The lowest BCUT2D eigenvalue weighted by Gasteiger charge is -2.16. The van der Waals surface area contributed by atoms with Crippen LogP contribution in [0.15, 0.2) is 48.5 Å². The van der Waals surface area contributed by atoms with Crippen molar-refractivity contribution < 1.29 is 23.9 Å². The summed E-state index contributed by atoms with van der Waals surface area (Å²) >= 11 is 0. The van der Waals surface area contributed by atoms with E-state index < -0.39 is 11.8 Å². The molecule has 1 saturated heterocycles. The molecule has 1 atom stereocenters. The molecule has 2 aromatic carbocycles. The number of nitrogens with zero attached hydrogens (tertiary/aromatic N) is 1. The van der Waals surface area contributed by atoms with Crippen LogP contribution >= 0.6 is 0 Å². The van der Waals surface area contributed by atoms with Crippen LogP contribution in [0.4, 0.5) is 11.4 Å². The van der Waals surface area contributed by atoms with Gasteiger partial charge >= 0.3 is 0 Å². The Hall–Kier alpha value is -3.55. The molecule has 8 nitrogen and oxygen atoms in total. The van der Waals surface area contributed by atoms with Gasteiger partial charge in [-0.2, -0.15) is 0 Å². The fourth-order valence-electron chi connectivity index (χ4n) is 3.15. The fraction of sp³-hybridized carbons (Fsp3) is 0.286. The first-order chi connectivity index (χ1) is 14.0. The number of hydrogen-bond donors (Lipinski definition) is 2. The number of ether oxygens (including phenoxy) is 2. The molecule has 0 aliphatic carbocycles. The molecule has 2 N–H and O–H groups in total. The Bertz CT molecular complexity index is 900. The molecule has 29 heavy (non-hydrogen) atoms. The van der Waals surface area contributed by atoms with Crippen LogP contribution in [0.5, 0.6) is 11.5 Å². The molecule has 0 aromatic heterocycles. The van der Waals surface area contributed by atoms with Crippen molar-refractivity contribution in [3.05, 3.63) is 48.5 Å². The molecule has 1 unspecified atom stereocenters. The standard InChI is InChI=1S/C21H23N3O5/c1-28-16-8-9-17(18(11-16)29-2)23-19(25)12-22-21(27)14-10-20(26)24(13-14)15-6-4-3-5-7-15/h3-9,11,14H,10,12-13H2,1-2H3,(H,22,27)(H,23,25). The van der Waals surface area contributed by atoms with Crippen LogP contribution in [-0.4, -0.2) is 45.0 Å². The summed E-state index contributed by atoms with van der Waals surface area (Å²) in [5, 5.41) is 5.29. The number of rotatable bonds is 7. The lowest BCUT2D eigenvalue weighted by molar-refractivity contribution is -0.127. The minimum Gasteiger partial charge on any atom is -0.497 e. The van der Waals surface area contributed by atoms with E-state index in [0.29, 0.717) is 23.7 Å². The molecule has 3 amide bonds. The lowest BCUT2D eigenvalue weighted by Crippen LogP contribution is -2.38. The van der Waals surface area contributed by atoms with Crippen LogP contribution in [0.2, 0.25) is 0 Å². The maximum Gasteiger partial charge on any atom is 0.243 e. The van der Waals surface area contributed by atoms with Crippen molar-refractivity contribution in [1.82, 2.24) is 5.32 Å². The maximum absolute atomic E-state index is 12.4. The van der Waals surface area contributed by atoms with Crippen molar-refractivity contribution in [3.8, 4) is 11.5 Å². The average molecular weight is 397 g/mol. The summed E-state index contributed by atoms with van der Waals surface area (Å²) in [6.45, 7) is 0.0899. The average Bonchev–Trinajstić information content (AvgIpc) is 3.14. The quantitative estimate of drug-likeness (QED) is 0.743. The number of amides is 3. The van der Waals surface area contributed by atoms with E-state index in [9.17, 15) is 14.4 Å². The molecule has 0 saturated carbocycles. The number of anilines is 2. The molecule has 3 rings (SSSR count). The summed E-state index contributed by atoms with van der Waals surface area (Å²) in [4.78, 5) is 38.5. The molecule has 0 radical (unpaired) electrons. The van der Waals surface area contributed by atoms with Crippen molar-refractivity contribution in [2.24, 2.45) is 5.92 Å². The smallest absolute Gasteiger partial charge is 0.243 e. The second-order valence-electron chi connectivity index (χ2n) is 6.57. The number of benzene rings is 2. The Morgan fingerprint density at radius 3 is 2.55 bits per heavy atom. The molecule has 1 aliphatic rings. The first-order valence-corrected chi connectivity index (χ1v) is 9.17. The van der Waals surface area contributed by atoms with Gasteiger partial charge in [-0.1, -0.05) is 18.2 Å². The highest BCUT2D eigenvalue weighted by atomic mass is 16.5. The zero-order chi connectivity index (χ0) is 20.8. The van der Waals surface area contributed by atoms with Crippen molar-refractivity contribution in [2.45, 2.75) is 6.42 Å². The number of nitrogens with one attached hydrogen (secondary N) is 2. The van der Waals surface area contributed by atoms with Crippen molar-refractivity contribution in [1.29, 1.82) is 0 Å². The van der Waals surface area contributed by atoms with Crippen molar-refractivity contribution in [3.63, 3.8) is 0 Å². The van der Waals surface area contributed by atoms with E-state index >= 15 is 0 Å². The number of hydrogen-bond acceptors (Lipinski definition) is 5. The Balaban J connectivity index is 1.53. The van der Waals surface area contributed by atoms with Gasteiger partial charge in [0.05, 0.1) is 32.4 Å². The minimum atomic E-state index is -0.494. The van der Waals surface area contributed by atoms with Crippen molar-refractivity contribution >= 4 is 29.1 Å². The van der Waals surface area contributed by atoms with Crippen LogP contribution in [0.25, 0.3) is 0 Å². The van der Waals surface area contributed by atoms with Crippen LogP contribution < -0.4 is 25.0 Å². The van der Waals surface area contributed by atoms with Crippen molar-refractivity contribution in [2.75, 3.05) is 37.5 Å². The first-order valence-electron chi connectivity index (χ1n) is 9.17. The lowest BCUT2D eigenvalue weighted by atomic mass is 10.1. The number of para-hydroxylation sites is 1. The van der Waals surface area contributed by atoms with Gasteiger partial charge in [-0.25, -0.2) is 0 Å². The molecule has 1 aliphatic heterocycles.